The minimum Gasteiger partial charge on any atom is -0.399 e. The van der Waals surface area contributed by atoms with Gasteiger partial charge < -0.3 is 5.73 Å². The number of carbonyl (C=O) groups is 1. The molecule has 0 heterocycles. The van der Waals surface area contributed by atoms with Gasteiger partial charge in [0.05, 0.1) is 11.3 Å². The molecule has 0 saturated carbocycles. The van der Waals surface area contributed by atoms with Crippen LogP contribution in [0.1, 0.15) is 5.56 Å². The number of hydrogen-bond donors (Lipinski definition) is 2. The van der Waals surface area contributed by atoms with E-state index in [0.717, 1.165) is 16.3 Å². The first-order valence-electron chi connectivity index (χ1n) is 7.33. The highest BCUT2D eigenvalue weighted by atomic mass is 32.2. The molecule has 0 atom stereocenters. The zero-order valence-electron chi connectivity index (χ0n) is 12.8. The zero-order valence-corrected chi connectivity index (χ0v) is 13.6. The zero-order chi connectivity index (χ0) is 17.2. The van der Waals surface area contributed by atoms with Crippen molar-refractivity contribution in [2.45, 2.75) is 11.3 Å². The third-order valence-corrected chi connectivity index (χ3v) is 5.01. The van der Waals surface area contributed by atoms with Gasteiger partial charge in [-0.25, -0.2) is 13.1 Å². The second-order valence-electron chi connectivity index (χ2n) is 5.46. The Morgan fingerprint density at radius 3 is 2.29 bits per heavy atom. The number of nitrogens with one attached hydrogen (secondary N) is 1. The van der Waals surface area contributed by atoms with Crippen LogP contribution < -0.4 is 10.5 Å². The summed E-state index contributed by atoms with van der Waals surface area (Å²) in [6, 6.07) is 19.1. The summed E-state index contributed by atoms with van der Waals surface area (Å²) in [6.45, 7) is 0. The van der Waals surface area contributed by atoms with E-state index in [0.29, 0.717) is 5.69 Å². The Morgan fingerprint density at radius 2 is 1.58 bits per heavy atom. The second kappa shape index (κ2) is 6.33. The van der Waals surface area contributed by atoms with Crippen LogP contribution >= 0.6 is 0 Å². The van der Waals surface area contributed by atoms with E-state index in [1.807, 2.05) is 42.5 Å². The SMILES string of the molecule is Nc1ccc(S(=O)(=O)NC(=O)Cc2ccc3ccccc3c2)cc1. The molecule has 0 radical (unpaired) electrons. The highest BCUT2D eigenvalue weighted by Crippen LogP contribution is 2.16. The predicted molar refractivity (Wildman–Crippen MR) is 93.8 cm³/mol. The summed E-state index contributed by atoms with van der Waals surface area (Å²) in [4.78, 5) is 12.1. The lowest BCUT2D eigenvalue weighted by Gasteiger charge is -2.08. The highest BCUT2D eigenvalue weighted by Gasteiger charge is 2.17. The molecule has 3 aromatic carbocycles. The fourth-order valence-corrected chi connectivity index (χ4v) is 3.41. The number of carbonyl (C=O) groups excluding carboxylic acids is 1. The van der Waals surface area contributed by atoms with Gasteiger partial charge in [0.25, 0.3) is 10.0 Å². The van der Waals surface area contributed by atoms with Crippen molar-refractivity contribution in [3.8, 4) is 0 Å². The van der Waals surface area contributed by atoms with Gasteiger partial charge in [-0.05, 0) is 40.6 Å². The van der Waals surface area contributed by atoms with Crippen LogP contribution in [0.5, 0.6) is 0 Å². The van der Waals surface area contributed by atoms with Crippen molar-refractivity contribution in [2.75, 3.05) is 5.73 Å². The maximum absolute atomic E-state index is 12.2. The van der Waals surface area contributed by atoms with Gasteiger partial charge in [0.15, 0.2) is 0 Å². The van der Waals surface area contributed by atoms with E-state index in [9.17, 15) is 13.2 Å². The van der Waals surface area contributed by atoms with E-state index in [1.165, 1.54) is 24.3 Å². The summed E-state index contributed by atoms with van der Waals surface area (Å²) in [5, 5.41) is 2.07. The quantitative estimate of drug-likeness (QED) is 0.714. The number of amides is 1. The smallest absolute Gasteiger partial charge is 0.264 e. The molecule has 3 N–H and O–H groups in total. The minimum atomic E-state index is -3.89. The summed E-state index contributed by atoms with van der Waals surface area (Å²) in [6.07, 6.45) is -0.0148. The molecule has 0 saturated heterocycles. The van der Waals surface area contributed by atoms with Crippen LogP contribution in [0.25, 0.3) is 10.8 Å². The Kier molecular flexibility index (Phi) is 4.22. The molecule has 0 aliphatic carbocycles. The Hall–Kier alpha value is -2.86. The molecular formula is C18H16N2O3S. The molecule has 5 nitrogen and oxygen atoms in total. The van der Waals surface area contributed by atoms with Crippen LogP contribution in [0.3, 0.4) is 0 Å². The summed E-state index contributed by atoms with van der Waals surface area (Å²) < 4.78 is 26.4. The van der Waals surface area contributed by atoms with Gasteiger partial charge in [0, 0.05) is 5.69 Å². The standard InChI is InChI=1S/C18H16N2O3S/c19-16-7-9-17(10-8-16)24(22,23)20-18(21)12-13-5-6-14-3-1-2-4-15(14)11-13/h1-11H,12,19H2,(H,20,21). The van der Waals surface area contributed by atoms with Crippen molar-refractivity contribution in [1.82, 2.24) is 4.72 Å². The largest absolute Gasteiger partial charge is 0.399 e. The number of rotatable bonds is 4. The number of hydrogen-bond acceptors (Lipinski definition) is 4. The van der Waals surface area contributed by atoms with Crippen molar-refractivity contribution in [2.24, 2.45) is 0 Å². The molecule has 3 aromatic rings. The van der Waals surface area contributed by atoms with Gasteiger partial charge in [-0.3, -0.25) is 4.79 Å². The van der Waals surface area contributed by atoms with Crippen LogP contribution in [0.4, 0.5) is 5.69 Å². The van der Waals surface area contributed by atoms with E-state index in [4.69, 9.17) is 5.73 Å². The first-order chi connectivity index (χ1) is 11.4. The van der Waals surface area contributed by atoms with Crippen molar-refractivity contribution in [1.29, 1.82) is 0 Å². The lowest BCUT2D eigenvalue weighted by atomic mass is 10.1. The van der Waals surface area contributed by atoms with Gasteiger partial charge in [0.2, 0.25) is 5.91 Å². The first kappa shape index (κ1) is 16.0. The molecule has 24 heavy (non-hydrogen) atoms. The predicted octanol–water partition coefficient (Wildman–Crippen LogP) is 2.47. The average Bonchev–Trinajstić information content (AvgIpc) is 2.54. The lowest BCUT2D eigenvalue weighted by Crippen LogP contribution is -2.31. The van der Waals surface area contributed by atoms with Gasteiger partial charge in [0.1, 0.15) is 0 Å². The number of fused-ring (bicyclic) bond motifs is 1. The Morgan fingerprint density at radius 1 is 0.917 bits per heavy atom. The van der Waals surface area contributed by atoms with Gasteiger partial charge in [-0.2, -0.15) is 0 Å². The Labute approximate surface area is 140 Å². The third-order valence-electron chi connectivity index (χ3n) is 3.62. The lowest BCUT2D eigenvalue weighted by molar-refractivity contribution is -0.118. The maximum atomic E-state index is 12.2. The van der Waals surface area contributed by atoms with E-state index in [1.54, 1.807) is 0 Å². The number of nitrogen functional groups attached to an aromatic ring is 1. The fraction of sp³-hybridized carbons (Fsp3) is 0.0556. The van der Waals surface area contributed by atoms with Crippen LogP contribution in [0, 0.1) is 0 Å². The van der Waals surface area contributed by atoms with Gasteiger partial charge in [-0.15, -0.1) is 0 Å². The molecule has 3 rings (SSSR count). The molecular weight excluding hydrogens is 324 g/mol. The second-order valence-corrected chi connectivity index (χ2v) is 7.14. The van der Waals surface area contributed by atoms with Crippen LogP contribution in [-0.4, -0.2) is 14.3 Å². The molecule has 0 unspecified atom stereocenters. The normalized spacial score (nSPS) is 11.3. The first-order valence-corrected chi connectivity index (χ1v) is 8.81. The molecule has 6 heteroatoms. The number of anilines is 1. The Bertz CT molecular complexity index is 996. The number of sulfonamides is 1. The van der Waals surface area contributed by atoms with E-state index in [-0.39, 0.29) is 11.3 Å². The van der Waals surface area contributed by atoms with Gasteiger partial charge >= 0.3 is 0 Å². The van der Waals surface area contributed by atoms with Crippen molar-refractivity contribution in [3.05, 3.63) is 72.3 Å². The van der Waals surface area contributed by atoms with E-state index >= 15 is 0 Å². The van der Waals surface area contributed by atoms with Crippen molar-refractivity contribution in [3.63, 3.8) is 0 Å². The maximum Gasteiger partial charge on any atom is 0.264 e. The fourth-order valence-electron chi connectivity index (χ4n) is 2.43. The van der Waals surface area contributed by atoms with Crippen molar-refractivity contribution >= 4 is 32.4 Å². The molecule has 1 amide bonds. The van der Waals surface area contributed by atoms with Gasteiger partial charge in [-0.1, -0.05) is 42.5 Å². The minimum absolute atomic E-state index is 0.00330. The Balaban J connectivity index is 1.75. The molecule has 122 valence electrons. The van der Waals surface area contributed by atoms with Crippen LogP contribution in [-0.2, 0) is 21.2 Å². The molecule has 0 bridgehead atoms. The molecule has 0 aliphatic heterocycles. The summed E-state index contributed by atoms with van der Waals surface area (Å²) in [5.41, 5.74) is 6.74. The summed E-state index contributed by atoms with van der Waals surface area (Å²) in [7, 11) is -3.89. The van der Waals surface area contributed by atoms with Crippen LogP contribution in [0.15, 0.2) is 71.6 Å². The highest BCUT2D eigenvalue weighted by molar-refractivity contribution is 7.90. The summed E-state index contributed by atoms with van der Waals surface area (Å²) in [5.74, 6) is -0.581. The monoisotopic (exact) mass is 340 g/mol. The molecule has 0 aliphatic rings. The summed E-state index contributed by atoms with van der Waals surface area (Å²) >= 11 is 0. The topological polar surface area (TPSA) is 89.3 Å². The third kappa shape index (κ3) is 3.55. The van der Waals surface area contributed by atoms with E-state index in [2.05, 4.69) is 4.72 Å². The van der Waals surface area contributed by atoms with Crippen molar-refractivity contribution < 1.29 is 13.2 Å². The van der Waals surface area contributed by atoms with E-state index < -0.39 is 15.9 Å². The number of benzene rings is 3. The average molecular weight is 340 g/mol. The number of nitrogens with two attached hydrogens (primary N) is 1. The molecule has 0 fully saturated rings. The molecule has 0 spiro atoms. The van der Waals surface area contributed by atoms with Crippen LogP contribution in [0.2, 0.25) is 0 Å². The molecule has 0 aromatic heterocycles.